The Hall–Kier alpha value is -2.59. The fourth-order valence-electron chi connectivity index (χ4n) is 2.62. The van der Waals surface area contributed by atoms with Crippen LogP contribution in [0.2, 0.25) is 5.02 Å². The molecule has 28 heavy (non-hydrogen) atoms. The SMILES string of the molecule is Cc1[nH]c(C(Nc2ncc(F)cc2F)c2ccc(F)c(Cl)c2)nc1S(C)(=O)=O. The normalized spacial score (nSPS) is 12.8. The van der Waals surface area contributed by atoms with Gasteiger partial charge in [0.25, 0.3) is 0 Å². The largest absolute Gasteiger partial charge is 0.354 e. The van der Waals surface area contributed by atoms with Crippen molar-refractivity contribution in [3.05, 3.63) is 70.0 Å². The molecule has 0 bridgehead atoms. The Balaban J connectivity index is 2.13. The summed E-state index contributed by atoms with van der Waals surface area (Å²) in [6, 6.07) is 3.43. The first-order valence-electron chi connectivity index (χ1n) is 7.85. The Morgan fingerprint density at radius 2 is 1.89 bits per heavy atom. The summed E-state index contributed by atoms with van der Waals surface area (Å²) in [5, 5.41) is 2.35. The summed E-state index contributed by atoms with van der Waals surface area (Å²) >= 11 is 5.84. The third kappa shape index (κ3) is 4.12. The first kappa shape index (κ1) is 20.2. The van der Waals surface area contributed by atoms with E-state index in [0.717, 1.165) is 18.5 Å². The monoisotopic (exact) mass is 430 g/mol. The molecule has 11 heteroatoms. The number of imidazole rings is 1. The van der Waals surface area contributed by atoms with Gasteiger partial charge in [-0.05, 0) is 24.6 Å². The number of H-pyrrole nitrogens is 1. The average Bonchev–Trinajstić information content (AvgIpc) is 2.99. The predicted molar refractivity (Wildman–Crippen MR) is 97.5 cm³/mol. The van der Waals surface area contributed by atoms with Crippen molar-refractivity contribution >= 4 is 27.3 Å². The molecule has 6 nitrogen and oxygen atoms in total. The van der Waals surface area contributed by atoms with Crippen molar-refractivity contribution in [2.45, 2.75) is 18.0 Å². The standard InChI is InChI=1S/C17H14ClF3N4O2S/c1-8-17(28(2,26)27)25-16(23-8)14(9-3-4-12(20)11(18)5-9)24-15-13(21)6-10(19)7-22-15/h3-7,14H,1-2H3,(H,22,24)(H,23,25). The van der Waals surface area contributed by atoms with E-state index in [-0.39, 0.29) is 27.4 Å². The molecule has 0 radical (unpaired) electrons. The highest BCUT2D eigenvalue weighted by Gasteiger charge is 2.25. The summed E-state index contributed by atoms with van der Waals surface area (Å²) < 4.78 is 64.6. The third-order valence-corrected chi connectivity index (χ3v) is 5.24. The van der Waals surface area contributed by atoms with Gasteiger partial charge >= 0.3 is 0 Å². The van der Waals surface area contributed by atoms with Crippen molar-refractivity contribution in [1.29, 1.82) is 0 Å². The van der Waals surface area contributed by atoms with Gasteiger partial charge in [-0.3, -0.25) is 0 Å². The lowest BCUT2D eigenvalue weighted by molar-refractivity contribution is 0.573. The lowest BCUT2D eigenvalue weighted by Crippen LogP contribution is -2.16. The highest BCUT2D eigenvalue weighted by atomic mass is 35.5. The van der Waals surface area contributed by atoms with Gasteiger partial charge in [0.1, 0.15) is 23.5 Å². The van der Waals surface area contributed by atoms with Gasteiger partial charge in [-0.1, -0.05) is 17.7 Å². The molecule has 0 saturated carbocycles. The number of aromatic amines is 1. The summed E-state index contributed by atoms with van der Waals surface area (Å²) in [7, 11) is -3.63. The van der Waals surface area contributed by atoms with Crippen molar-refractivity contribution in [3.63, 3.8) is 0 Å². The summed E-state index contributed by atoms with van der Waals surface area (Å²) in [6.45, 7) is 1.51. The zero-order valence-electron chi connectivity index (χ0n) is 14.6. The quantitative estimate of drug-likeness (QED) is 0.643. The van der Waals surface area contributed by atoms with Crippen molar-refractivity contribution in [2.24, 2.45) is 0 Å². The highest BCUT2D eigenvalue weighted by Crippen LogP contribution is 2.29. The summed E-state index contributed by atoms with van der Waals surface area (Å²) in [5.41, 5.74) is 0.621. The summed E-state index contributed by atoms with van der Waals surface area (Å²) in [4.78, 5) is 10.6. The van der Waals surface area contributed by atoms with E-state index in [2.05, 4.69) is 20.3 Å². The van der Waals surface area contributed by atoms with Crippen LogP contribution in [0, 0.1) is 24.4 Å². The average molecular weight is 431 g/mol. The number of anilines is 1. The topological polar surface area (TPSA) is 87.7 Å². The number of hydrogen-bond acceptors (Lipinski definition) is 5. The maximum Gasteiger partial charge on any atom is 0.194 e. The van der Waals surface area contributed by atoms with Crippen LogP contribution in [0.1, 0.15) is 23.1 Å². The smallest absolute Gasteiger partial charge is 0.194 e. The molecule has 3 aromatic rings. The molecular weight excluding hydrogens is 417 g/mol. The molecule has 0 aliphatic rings. The van der Waals surface area contributed by atoms with E-state index < -0.39 is 33.3 Å². The Morgan fingerprint density at radius 1 is 1.18 bits per heavy atom. The predicted octanol–water partition coefficient (Wildman–Crippen LogP) is 3.79. The van der Waals surface area contributed by atoms with Crippen molar-refractivity contribution in [1.82, 2.24) is 15.0 Å². The molecule has 2 aromatic heterocycles. The minimum absolute atomic E-state index is 0.103. The number of nitrogens with zero attached hydrogens (tertiary/aromatic N) is 2. The molecule has 148 valence electrons. The molecule has 0 aliphatic heterocycles. The Labute approximate surface area is 163 Å². The van der Waals surface area contributed by atoms with Gasteiger partial charge in [0, 0.05) is 12.3 Å². The number of rotatable bonds is 5. The van der Waals surface area contributed by atoms with E-state index in [4.69, 9.17) is 11.6 Å². The minimum atomic E-state index is -3.63. The van der Waals surface area contributed by atoms with Crippen molar-refractivity contribution in [2.75, 3.05) is 11.6 Å². The van der Waals surface area contributed by atoms with E-state index in [1.54, 1.807) is 0 Å². The number of nitrogens with one attached hydrogen (secondary N) is 2. The van der Waals surface area contributed by atoms with Crippen LogP contribution < -0.4 is 5.32 Å². The minimum Gasteiger partial charge on any atom is -0.354 e. The Bertz CT molecular complexity index is 1150. The van der Waals surface area contributed by atoms with Gasteiger partial charge in [-0.25, -0.2) is 31.6 Å². The molecule has 1 atom stereocenters. The lowest BCUT2D eigenvalue weighted by atomic mass is 10.1. The van der Waals surface area contributed by atoms with Crippen LogP contribution in [0.4, 0.5) is 19.0 Å². The maximum absolute atomic E-state index is 14.1. The van der Waals surface area contributed by atoms with Crippen LogP contribution in [0.25, 0.3) is 0 Å². The first-order valence-corrected chi connectivity index (χ1v) is 10.1. The number of halogens is 4. The van der Waals surface area contributed by atoms with E-state index in [1.807, 2.05) is 0 Å². The zero-order valence-corrected chi connectivity index (χ0v) is 16.2. The van der Waals surface area contributed by atoms with Gasteiger partial charge in [-0.15, -0.1) is 0 Å². The van der Waals surface area contributed by atoms with Crippen LogP contribution >= 0.6 is 11.6 Å². The second-order valence-electron chi connectivity index (χ2n) is 6.06. The number of aryl methyl sites for hydroxylation is 1. The molecule has 2 heterocycles. The number of aromatic nitrogens is 3. The number of pyridine rings is 1. The third-order valence-electron chi connectivity index (χ3n) is 3.85. The molecule has 1 unspecified atom stereocenters. The van der Waals surface area contributed by atoms with Gasteiger partial charge in [-0.2, -0.15) is 0 Å². The van der Waals surface area contributed by atoms with Gasteiger partial charge in [0.2, 0.25) is 0 Å². The molecule has 0 spiro atoms. The van der Waals surface area contributed by atoms with Gasteiger partial charge < -0.3 is 10.3 Å². The van der Waals surface area contributed by atoms with Crippen LogP contribution in [-0.2, 0) is 9.84 Å². The fourth-order valence-corrected chi connectivity index (χ4v) is 3.68. The molecule has 0 amide bonds. The number of benzene rings is 1. The number of sulfone groups is 1. The van der Waals surface area contributed by atoms with Crippen LogP contribution in [0.5, 0.6) is 0 Å². The molecule has 0 aliphatic carbocycles. The Morgan fingerprint density at radius 3 is 2.46 bits per heavy atom. The van der Waals surface area contributed by atoms with E-state index in [0.29, 0.717) is 11.6 Å². The second kappa shape index (κ2) is 7.44. The maximum atomic E-state index is 14.1. The lowest BCUT2D eigenvalue weighted by Gasteiger charge is -2.18. The molecular formula is C17H14ClF3N4O2S. The Kier molecular flexibility index (Phi) is 5.35. The number of hydrogen-bond donors (Lipinski definition) is 2. The van der Waals surface area contributed by atoms with E-state index >= 15 is 0 Å². The van der Waals surface area contributed by atoms with E-state index in [9.17, 15) is 21.6 Å². The first-order chi connectivity index (χ1) is 13.1. The van der Waals surface area contributed by atoms with Crippen LogP contribution in [0.3, 0.4) is 0 Å². The van der Waals surface area contributed by atoms with Gasteiger partial charge in [0.15, 0.2) is 26.5 Å². The summed E-state index contributed by atoms with van der Waals surface area (Å²) in [6.07, 6.45) is 1.81. The molecule has 0 saturated heterocycles. The van der Waals surface area contributed by atoms with Crippen molar-refractivity contribution in [3.8, 4) is 0 Å². The summed E-state index contributed by atoms with van der Waals surface area (Å²) in [5.74, 6) is -2.70. The van der Waals surface area contributed by atoms with Gasteiger partial charge in [0.05, 0.1) is 16.9 Å². The second-order valence-corrected chi connectivity index (χ2v) is 8.40. The fraction of sp³-hybridized carbons (Fsp3) is 0.176. The van der Waals surface area contributed by atoms with Crippen molar-refractivity contribution < 1.29 is 21.6 Å². The molecule has 2 N–H and O–H groups in total. The molecule has 0 fully saturated rings. The van der Waals surface area contributed by atoms with Crippen LogP contribution in [-0.4, -0.2) is 29.6 Å². The zero-order chi connectivity index (χ0) is 20.6. The molecule has 3 rings (SSSR count). The molecule has 1 aromatic carbocycles. The highest BCUT2D eigenvalue weighted by molar-refractivity contribution is 7.90. The van der Waals surface area contributed by atoms with E-state index in [1.165, 1.54) is 19.1 Å². The van der Waals surface area contributed by atoms with Crippen LogP contribution in [0.15, 0.2) is 35.5 Å².